The van der Waals surface area contributed by atoms with Crippen LogP contribution in [0, 0.1) is 5.82 Å². The number of rotatable bonds is 4. The molecule has 2 heterocycles. The van der Waals surface area contributed by atoms with Gasteiger partial charge in [-0.1, -0.05) is 35.3 Å². The Morgan fingerprint density at radius 3 is 2.96 bits per heavy atom. The zero-order valence-electron chi connectivity index (χ0n) is 12.5. The minimum Gasteiger partial charge on any atom is -0.339 e. The highest BCUT2D eigenvalue weighted by Crippen LogP contribution is 2.33. The SMILES string of the molecule is Fc1cccc(Cn2cc(-c3noc(C4CCCC4)n3)nn2)c1. The normalized spacial score (nSPS) is 15.3. The fourth-order valence-corrected chi connectivity index (χ4v) is 2.98. The molecule has 2 aromatic heterocycles. The lowest BCUT2D eigenvalue weighted by atomic mass is 10.1. The van der Waals surface area contributed by atoms with E-state index in [0.717, 1.165) is 18.4 Å². The summed E-state index contributed by atoms with van der Waals surface area (Å²) in [4.78, 5) is 4.44. The van der Waals surface area contributed by atoms with Crippen LogP contribution in [0.4, 0.5) is 4.39 Å². The zero-order valence-corrected chi connectivity index (χ0v) is 12.5. The Balaban J connectivity index is 1.51. The lowest BCUT2D eigenvalue weighted by molar-refractivity contribution is 0.354. The van der Waals surface area contributed by atoms with E-state index in [1.54, 1.807) is 16.9 Å². The van der Waals surface area contributed by atoms with Crippen molar-refractivity contribution in [1.29, 1.82) is 0 Å². The first-order chi connectivity index (χ1) is 11.3. The van der Waals surface area contributed by atoms with Crippen LogP contribution in [-0.4, -0.2) is 25.1 Å². The van der Waals surface area contributed by atoms with Crippen LogP contribution in [0.5, 0.6) is 0 Å². The quantitative estimate of drug-likeness (QED) is 0.740. The average Bonchev–Trinajstić information content (AvgIpc) is 3.28. The van der Waals surface area contributed by atoms with E-state index in [1.165, 1.54) is 25.0 Å². The first-order valence-electron chi connectivity index (χ1n) is 7.76. The molecule has 23 heavy (non-hydrogen) atoms. The largest absolute Gasteiger partial charge is 0.339 e. The highest BCUT2D eigenvalue weighted by atomic mass is 19.1. The summed E-state index contributed by atoms with van der Waals surface area (Å²) in [7, 11) is 0. The van der Waals surface area contributed by atoms with Gasteiger partial charge in [0.2, 0.25) is 11.7 Å². The van der Waals surface area contributed by atoms with E-state index in [0.29, 0.717) is 29.9 Å². The van der Waals surface area contributed by atoms with Crippen LogP contribution < -0.4 is 0 Å². The van der Waals surface area contributed by atoms with Gasteiger partial charge in [0, 0.05) is 5.92 Å². The van der Waals surface area contributed by atoms with Crippen molar-refractivity contribution in [2.75, 3.05) is 0 Å². The maximum Gasteiger partial charge on any atom is 0.230 e. The second-order valence-electron chi connectivity index (χ2n) is 5.87. The van der Waals surface area contributed by atoms with E-state index in [4.69, 9.17) is 4.52 Å². The van der Waals surface area contributed by atoms with Crippen molar-refractivity contribution in [3.63, 3.8) is 0 Å². The van der Waals surface area contributed by atoms with Crippen LogP contribution >= 0.6 is 0 Å². The van der Waals surface area contributed by atoms with Gasteiger partial charge in [-0.05, 0) is 30.5 Å². The van der Waals surface area contributed by atoms with Gasteiger partial charge in [0.1, 0.15) is 5.82 Å². The summed E-state index contributed by atoms with van der Waals surface area (Å²) in [6.45, 7) is 0.443. The van der Waals surface area contributed by atoms with Crippen molar-refractivity contribution in [2.45, 2.75) is 38.1 Å². The topological polar surface area (TPSA) is 69.6 Å². The molecule has 1 aromatic carbocycles. The fourth-order valence-electron chi connectivity index (χ4n) is 2.98. The maximum atomic E-state index is 13.2. The summed E-state index contributed by atoms with van der Waals surface area (Å²) in [5.41, 5.74) is 1.38. The second-order valence-corrected chi connectivity index (χ2v) is 5.87. The second kappa shape index (κ2) is 5.91. The van der Waals surface area contributed by atoms with Crippen molar-refractivity contribution in [2.24, 2.45) is 0 Å². The van der Waals surface area contributed by atoms with E-state index in [9.17, 15) is 4.39 Å². The number of halogens is 1. The number of aromatic nitrogens is 5. The minimum absolute atomic E-state index is 0.262. The Hall–Kier alpha value is -2.57. The predicted octanol–water partition coefficient (Wildman–Crippen LogP) is 3.17. The van der Waals surface area contributed by atoms with Crippen LogP contribution in [0.25, 0.3) is 11.5 Å². The highest BCUT2D eigenvalue weighted by Gasteiger charge is 2.24. The molecule has 0 amide bonds. The smallest absolute Gasteiger partial charge is 0.230 e. The molecule has 0 atom stereocenters. The van der Waals surface area contributed by atoms with Gasteiger partial charge in [0.15, 0.2) is 5.69 Å². The molecule has 0 aliphatic heterocycles. The van der Waals surface area contributed by atoms with Gasteiger partial charge < -0.3 is 4.52 Å². The van der Waals surface area contributed by atoms with E-state index < -0.39 is 0 Å². The zero-order chi connectivity index (χ0) is 15.6. The molecule has 3 aromatic rings. The summed E-state index contributed by atoms with van der Waals surface area (Å²) < 4.78 is 20.2. The van der Waals surface area contributed by atoms with Crippen LogP contribution in [0.15, 0.2) is 35.0 Å². The van der Waals surface area contributed by atoms with E-state index in [-0.39, 0.29) is 5.82 Å². The molecular weight excluding hydrogens is 297 g/mol. The molecule has 1 aliphatic carbocycles. The van der Waals surface area contributed by atoms with Crippen molar-refractivity contribution in [1.82, 2.24) is 25.1 Å². The van der Waals surface area contributed by atoms with Crippen molar-refractivity contribution in [3.8, 4) is 11.5 Å². The molecule has 0 spiro atoms. The van der Waals surface area contributed by atoms with Gasteiger partial charge >= 0.3 is 0 Å². The van der Waals surface area contributed by atoms with Crippen LogP contribution in [-0.2, 0) is 6.54 Å². The third-order valence-electron chi connectivity index (χ3n) is 4.15. The summed E-state index contributed by atoms with van der Waals surface area (Å²) in [6, 6.07) is 6.42. The van der Waals surface area contributed by atoms with Gasteiger partial charge in [0.25, 0.3) is 0 Å². The van der Waals surface area contributed by atoms with Gasteiger partial charge in [-0.15, -0.1) is 5.10 Å². The Morgan fingerprint density at radius 2 is 2.13 bits per heavy atom. The summed E-state index contributed by atoms with van der Waals surface area (Å²) in [5, 5.41) is 12.1. The summed E-state index contributed by atoms with van der Waals surface area (Å²) in [5.74, 6) is 1.26. The van der Waals surface area contributed by atoms with Gasteiger partial charge in [-0.3, -0.25) is 0 Å². The molecule has 7 heteroatoms. The van der Waals surface area contributed by atoms with E-state index in [1.807, 2.05) is 6.07 Å². The van der Waals surface area contributed by atoms with Crippen molar-refractivity contribution in [3.05, 3.63) is 47.7 Å². The average molecular weight is 313 g/mol. The molecule has 6 nitrogen and oxygen atoms in total. The molecule has 4 rings (SSSR count). The van der Waals surface area contributed by atoms with Crippen molar-refractivity contribution < 1.29 is 8.91 Å². The molecule has 0 radical (unpaired) electrons. The van der Waals surface area contributed by atoms with Crippen LogP contribution in [0.2, 0.25) is 0 Å². The number of hydrogen-bond acceptors (Lipinski definition) is 5. The molecule has 1 aliphatic rings. The van der Waals surface area contributed by atoms with E-state index >= 15 is 0 Å². The molecule has 0 unspecified atom stereocenters. The summed E-state index contributed by atoms with van der Waals surface area (Å²) >= 11 is 0. The molecule has 1 saturated carbocycles. The molecular formula is C16H16FN5O. The number of hydrogen-bond donors (Lipinski definition) is 0. The van der Waals surface area contributed by atoms with Gasteiger partial charge in [-0.25, -0.2) is 9.07 Å². The first-order valence-corrected chi connectivity index (χ1v) is 7.76. The van der Waals surface area contributed by atoms with E-state index in [2.05, 4.69) is 20.5 Å². The van der Waals surface area contributed by atoms with Crippen molar-refractivity contribution >= 4 is 0 Å². The molecule has 0 N–H and O–H groups in total. The maximum absolute atomic E-state index is 13.2. The van der Waals surface area contributed by atoms with Gasteiger partial charge in [-0.2, -0.15) is 4.98 Å². The minimum atomic E-state index is -0.262. The first kappa shape index (κ1) is 14.0. The Kier molecular flexibility index (Phi) is 3.61. The predicted molar refractivity (Wildman–Crippen MR) is 80.0 cm³/mol. The molecule has 0 saturated heterocycles. The number of nitrogens with zero attached hydrogens (tertiary/aromatic N) is 5. The molecule has 118 valence electrons. The summed E-state index contributed by atoms with van der Waals surface area (Å²) in [6.07, 6.45) is 6.38. The lowest BCUT2D eigenvalue weighted by Gasteiger charge is -2.00. The Morgan fingerprint density at radius 1 is 1.26 bits per heavy atom. The van der Waals surface area contributed by atoms with Crippen LogP contribution in [0.3, 0.4) is 0 Å². The monoisotopic (exact) mass is 313 g/mol. The highest BCUT2D eigenvalue weighted by molar-refractivity contribution is 5.45. The Bertz CT molecular complexity index is 806. The van der Waals surface area contributed by atoms with Crippen LogP contribution in [0.1, 0.15) is 43.1 Å². The molecule has 1 fully saturated rings. The lowest BCUT2D eigenvalue weighted by Crippen LogP contribution is -2.00. The number of benzene rings is 1. The molecule has 0 bridgehead atoms. The Labute approximate surface area is 132 Å². The fraction of sp³-hybridized carbons (Fsp3) is 0.375. The third-order valence-corrected chi connectivity index (χ3v) is 4.15. The standard InChI is InChI=1S/C16H16FN5O/c17-13-7-3-4-11(8-13)9-22-10-14(19-21-22)15-18-16(23-20-15)12-5-1-2-6-12/h3-4,7-8,10,12H,1-2,5-6,9H2. The third kappa shape index (κ3) is 2.99. The van der Waals surface area contributed by atoms with Gasteiger partial charge in [0.05, 0.1) is 12.7 Å².